The van der Waals surface area contributed by atoms with Gasteiger partial charge in [0.2, 0.25) is 0 Å². The van der Waals surface area contributed by atoms with E-state index in [4.69, 9.17) is 0 Å². The van der Waals surface area contributed by atoms with E-state index in [0.717, 1.165) is 36.6 Å². The predicted molar refractivity (Wildman–Crippen MR) is 298 cm³/mol. The molecule has 3 nitrogen and oxygen atoms in total. The minimum absolute atomic E-state index is 0.554. The molecule has 0 unspecified atom stereocenters. The maximum Gasteiger partial charge on any atom is 0.0951 e. The molecule has 0 bridgehead atoms. The van der Waals surface area contributed by atoms with Crippen LogP contribution in [0.1, 0.15) is 165 Å². The lowest BCUT2D eigenvalue weighted by atomic mass is 9.90. The fraction of sp³-hybridized carbons (Fsp3) is 0.500. The second kappa shape index (κ2) is 24.2. The molecule has 7 rings (SSSR count). The average Bonchev–Trinajstić information content (AvgIpc) is 4.04. The molecule has 0 spiro atoms. The van der Waals surface area contributed by atoms with Crippen LogP contribution >= 0.6 is 0 Å². The number of allylic oxidation sites excluding steroid dienone is 2. The summed E-state index contributed by atoms with van der Waals surface area (Å²) in [4.78, 5) is 4.65. The first-order chi connectivity index (χ1) is 31.2. The number of fused-ring (bicyclic) bond motifs is 3. The zero-order chi connectivity index (χ0) is 50.9. The van der Waals surface area contributed by atoms with E-state index >= 15 is 0 Å². The standard InChI is InChI=1S/C18H26.C16H20.C15H17N.C10H14.C5H12N2/c1-10(2)11(3)16-8-17-14(6)12(4)13(5)15(7)18(17)9-16;1-6-7-14-8-15-12(4)10(2)11(3)13(5)16(15)9-14;1-6-7-13-8-14-11(4)9(2)10(3)12(5)15(14)16-13;1-7-5-6-8(2)10(4)9(7)3;1-5(2)6-7(3)4/h16H,8-9H2,1-7H3;14H,8-9H2,1-5H3;8H2,1-5H3;5-6H,1-4H3;1-4H3. The summed E-state index contributed by atoms with van der Waals surface area (Å²) in [5.41, 5.74) is 37.3. The molecule has 0 saturated heterocycles. The molecule has 0 atom stereocenters. The normalized spacial score (nSPS) is 12.9. The first-order valence-corrected chi connectivity index (χ1v) is 24.8. The van der Waals surface area contributed by atoms with E-state index in [-0.39, 0.29) is 0 Å². The molecule has 0 amide bonds. The van der Waals surface area contributed by atoms with Gasteiger partial charge < -0.3 is 5.01 Å². The van der Waals surface area contributed by atoms with Crippen molar-refractivity contribution in [2.45, 2.75) is 191 Å². The minimum Gasteiger partial charge on any atom is -0.303 e. The van der Waals surface area contributed by atoms with Crippen LogP contribution in [0.15, 0.2) is 33.4 Å². The van der Waals surface area contributed by atoms with Crippen molar-refractivity contribution in [1.82, 2.24) is 5.01 Å². The fourth-order valence-corrected chi connectivity index (χ4v) is 9.98. The average molecular weight is 900 g/mol. The number of nitrogens with zero attached hydrogens (tertiary/aromatic N) is 3. The van der Waals surface area contributed by atoms with Gasteiger partial charge in [0, 0.05) is 32.1 Å². The summed E-state index contributed by atoms with van der Waals surface area (Å²) in [5.74, 6) is 13.7. The molecule has 1 heterocycles. The Bertz CT molecular complexity index is 2590. The topological polar surface area (TPSA) is 28.0 Å². The molecule has 0 aromatic heterocycles. The summed E-state index contributed by atoms with van der Waals surface area (Å²) in [6.07, 6.45) is 5.72. The van der Waals surface area contributed by atoms with Gasteiger partial charge in [-0.1, -0.05) is 35.1 Å². The highest BCUT2D eigenvalue weighted by Crippen LogP contribution is 2.40. The molecule has 67 heavy (non-hydrogen) atoms. The third kappa shape index (κ3) is 13.3. The first kappa shape index (κ1) is 56.2. The highest BCUT2D eigenvalue weighted by molar-refractivity contribution is 6.07. The quantitative estimate of drug-likeness (QED) is 0.0853. The van der Waals surface area contributed by atoms with Crippen LogP contribution in [0.25, 0.3) is 0 Å². The van der Waals surface area contributed by atoms with Gasteiger partial charge in [0.25, 0.3) is 0 Å². The molecule has 3 heteroatoms. The fourth-order valence-electron chi connectivity index (χ4n) is 9.98. The monoisotopic (exact) mass is 900 g/mol. The second-order valence-corrected chi connectivity index (χ2v) is 20.5. The van der Waals surface area contributed by atoms with E-state index < -0.39 is 0 Å². The Balaban J connectivity index is 0.000000229. The molecule has 0 fully saturated rings. The van der Waals surface area contributed by atoms with Gasteiger partial charge in [-0.05, 0) is 308 Å². The Kier molecular flexibility index (Phi) is 20.3. The van der Waals surface area contributed by atoms with Crippen LogP contribution in [-0.2, 0) is 32.1 Å². The highest BCUT2D eigenvalue weighted by atomic mass is 15.4. The molecule has 2 aliphatic carbocycles. The maximum absolute atomic E-state index is 4.65. The Labute approximate surface area is 411 Å². The number of hydrazone groups is 1. The van der Waals surface area contributed by atoms with Crippen LogP contribution in [0.5, 0.6) is 0 Å². The summed E-state index contributed by atoms with van der Waals surface area (Å²) < 4.78 is 0. The van der Waals surface area contributed by atoms with E-state index in [0.29, 0.717) is 5.92 Å². The Morgan fingerprint density at radius 1 is 0.493 bits per heavy atom. The number of aryl methyl sites for hydroxylation is 2. The predicted octanol–water partition coefficient (Wildman–Crippen LogP) is 16.1. The van der Waals surface area contributed by atoms with Crippen LogP contribution in [0.2, 0.25) is 0 Å². The van der Waals surface area contributed by atoms with Crippen molar-refractivity contribution in [1.29, 1.82) is 0 Å². The summed E-state index contributed by atoms with van der Waals surface area (Å²) in [6.45, 7) is 50.1. The Morgan fingerprint density at radius 2 is 0.866 bits per heavy atom. The second-order valence-electron chi connectivity index (χ2n) is 20.5. The SMILES string of the molecule is CC#CC1=Nc2c(C)c(C)c(C)c(C)c2C1.CC#CC1Cc2c(C)c(C)c(C)c(C)c2C1.CC(C)=C(C)C1Cc2c(C)c(C)c(C)c(C)c2C1.CC(C)=NN(C)C.Cc1ccc(C)c(C)c1C. The van der Waals surface area contributed by atoms with Crippen molar-refractivity contribution in [2.24, 2.45) is 21.9 Å². The van der Waals surface area contributed by atoms with Gasteiger partial charge in [-0.15, -0.1) is 11.8 Å². The van der Waals surface area contributed by atoms with E-state index in [2.05, 4.69) is 177 Å². The Hall–Kier alpha value is -5.12. The largest absolute Gasteiger partial charge is 0.303 e. The van der Waals surface area contributed by atoms with E-state index in [9.17, 15) is 0 Å². The molecule has 3 aliphatic rings. The highest BCUT2D eigenvalue weighted by Gasteiger charge is 2.28. The van der Waals surface area contributed by atoms with Crippen LogP contribution < -0.4 is 0 Å². The molecule has 0 saturated carbocycles. The summed E-state index contributed by atoms with van der Waals surface area (Å²) >= 11 is 0. The van der Waals surface area contributed by atoms with Crippen molar-refractivity contribution >= 4 is 17.1 Å². The van der Waals surface area contributed by atoms with Crippen molar-refractivity contribution in [3.8, 4) is 23.7 Å². The number of hydrogen-bond donors (Lipinski definition) is 0. The lowest BCUT2D eigenvalue weighted by Crippen LogP contribution is -2.03. The third-order valence-corrected chi connectivity index (χ3v) is 15.8. The van der Waals surface area contributed by atoms with Crippen LogP contribution in [0.4, 0.5) is 5.69 Å². The summed E-state index contributed by atoms with van der Waals surface area (Å²) in [5, 5.41) is 5.81. The third-order valence-electron chi connectivity index (χ3n) is 15.8. The zero-order valence-electron chi connectivity index (χ0n) is 47.2. The van der Waals surface area contributed by atoms with Gasteiger partial charge in [0.05, 0.1) is 11.4 Å². The lowest BCUT2D eigenvalue weighted by molar-refractivity contribution is 0.437. The van der Waals surface area contributed by atoms with Gasteiger partial charge in [0.15, 0.2) is 0 Å². The number of aliphatic imine (C=N–C) groups is 1. The summed E-state index contributed by atoms with van der Waals surface area (Å²) in [6, 6.07) is 4.36. The van der Waals surface area contributed by atoms with Gasteiger partial charge in [-0.25, -0.2) is 4.99 Å². The minimum atomic E-state index is 0.554. The molecule has 1 aliphatic heterocycles. The van der Waals surface area contributed by atoms with Gasteiger partial charge in [0.1, 0.15) is 0 Å². The summed E-state index contributed by atoms with van der Waals surface area (Å²) in [7, 11) is 3.82. The number of hydrogen-bond acceptors (Lipinski definition) is 3. The van der Waals surface area contributed by atoms with Crippen molar-refractivity contribution in [3.63, 3.8) is 0 Å². The van der Waals surface area contributed by atoms with Crippen LogP contribution in [0.3, 0.4) is 0 Å². The smallest absolute Gasteiger partial charge is 0.0951 e. The molecule has 4 aromatic rings. The lowest BCUT2D eigenvalue weighted by Gasteiger charge is -2.15. The van der Waals surface area contributed by atoms with Crippen LogP contribution in [-0.4, -0.2) is 30.5 Å². The zero-order valence-corrected chi connectivity index (χ0v) is 47.2. The molecule has 4 aromatic carbocycles. The van der Waals surface area contributed by atoms with E-state index in [1.807, 2.05) is 41.8 Å². The van der Waals surface area contributed by atoms with Crippen molar-refractivity contribution < 1.29 is 0 Å². The molecular formula is C64H89N3. The van der Waals surface area contributed by atoms with Gasteiger partial charge in [-0.3, -0.25) is 0 Å². The van der Waals surface area contributed by atoms with E-state index in [1.54, 1.807) is 32.8 Å². The van der Waals surface area contributed by atoms with Gasteiger partial charge >= 0.3 is 0 Å². The first-order valence-electron chi connectivity index (χ1n) is 24.8. The van der Waals surface area contributed by atoms with Gasteiger partial charge in [-0.2, -0.15) is 5.10 Å². The molecular weight excluding hydrogens is 811 g/mol. The molecule has 0 N–H and O–H groups in total. The molecule has 0 radical (unpaired) electrons. The number of rotatable bonds is 2. The maximum atomic E-state index is 4.65. The van der Waals surface area contributed by atoms with E-state index in [1.165, 1.54) is 119 Å². The Morgan fingerprint density at radius 3 is 1.19 bits per heavy atom. The molecule has 360 valence electrons. The van der Waals surface area contributed by atoms with Crippen molar-refractivity contribution in [2.75, 3.05) is 14.1 Å². The van der Waals surface area contributed by atoms with Crippen molar-refractivity contribution in [3.05, 3.63) is 140 Å². The number of benzene rings is 4. The van der Waals surface area contributed by atoms with Crippen LogP contribution in [0, 0.1) is 146 Å².